The maximum Gasteiger partial charge on any atom is 0.167 e. The average Bonchev–Trinajstić information content (AvgIpc) is 2.30. The van der Waals surface area contributed by atoms with Crippen molar-refractivity contribution in [1.82, 2.24) is 4.57 Å². The van der Waals surface area contributed by atoms with Gasteiger partial charge in [-0.15, -0.1) is 0 Å². The molecule has 0 fully saturated rings. The van der Waals surface area contributed by atoms with Gasteiger partial charge in [0.1, 0.15) is 5.78 Å². The van der Waals surface area contributed by atoms with Crippen molar-refractivity contribution in [2.45, 2.75) is 13.5 Å². The summed E-state index contributed by atoms with van der Waals surface area (Å²) in [5.41, 5.74) is 0.505. The summed E-state index contributed by atoms with van der Waals surface area (Å²) in [6.07, 6.45) is 2.43. The zero-order chi connectivity index (χ0) is 9.14. The van der Waals surface area contributed by atoms with E-state index in [1.807, 2.05) is 0 Å². The number of hydrogen-bond acceptors (Lipinski definition) is 2. The van der Waals surface area contributed by atoms with E-state index in [4.69, 9.17) is 0 Å². The van der Waals surface area contributed by atoms with Crippen molar-refractivity contribution in [2.75, 3.05) is 0 Å². The predicted octanol–water partition coefficient (Wildman–Crippen LogP) is 1.65. The van der Waals surface area contributed by atoms with E-state index in [0.29, 0.717) is 5.69 Å². The lowest BCUT2D eigenvalue weighted by atomic mass is 10.4. The second-order valence-corrected chi connectivity index (χ2v) is 3.35. The fraction of sp³-hybridized carbons (Fsp3) is 0.250. The lowest BCUT2D eigenvalue weighted by molar-refractivity contribution is -0.117. The predicted molar refractivity (Wildman–Crippen MR) is 48.2 cm³/mol. The first-order valence-electron chi connectivity index (χ1n) is 3.44. The minimum Gasteiger partial charge on any atom is -0.337 e. The minimum absolute atomic E-state index is 0.0289. The molecule has 0 aliphatic rings. The molecular weight excluding hydrogens is 222 g/mol. The molecule has 1 aromatic rings. The molecule has 1 aromatic heterocycles. The standard InChI is InChI=1S/C8H8BrNO2/c1-6(12)4-10-3-2-7(9)8(10)5-11/h2-3,5H,4H2,1H3. The van der Waals surface area contributed by atoms with Crippen LogP contribution in [0, 0.1) is 0 Å². The average molecular weight is 230 g/mol. The fourth-order valence-corrected chi connectivity index (χ4v) is 1.40. The van der Waals surface area contributed by atoms with Gasteiger partial charge >= 0.3 is 0 Å². The topological polar surface area (TPSA) is 39.1 Å². The second-order valence-electron chi connectivity index (χ2n) is 2.50. The first-order valence-corrected chi connectivity index (χ1v) is 4.23. The van der Waals surface area contributed by atoms with Gasteiger partial charge in [0.2, 0.25) is 0 Å². The molecule has 0 N–H and O–H groups in total. The van der Waals surface area contributed by atoms with Crippen LogP contribution in [0.5, 0.6) is 0 Å². The highest BCUT2D eigenvalue weighted by molar-refractivity contribution is 9.10. The molecule has 0 saturated carbocycles. The van der Waals surface area contributed by atoms with E-state index in [9.17, 15) is 9.59 Å². The number of halogens is 1. The number of aldehydes is 1. The molecule has 0 aliphatic carbocycles. The summed E-state index contributed by atoms with van der Waals surface area (Å²) in [4.78, 5) is 21.3. The van der Waals surface area contributed by atoms with Crippen molar-refractivity contribution >= 4 is 28.0 Å². The van der Waals surface area contributed by atoms with Crippen molar-refractivity contribution in [3.8, 4) is 0 Å². The minimum atomic E-state index is 0.0289. The van der Waals surface area contributed by atoms with Crippen LogP contribution in [-0.2, 0) is 11.3 Å². The number of ketones is 1. The first kappa shape index (κ1) is 9.19. The largest absolute Gasteiger partial charge is 0.337 e. The van der Waals surface area contributed by atoms with Gasteiger partial charge in [-0.3, -0.25) is 9.59 Å². The lowest BCUT2D eigenvalue weighted by Gasteiger charge is -2.00. The Bertz CT molecular complexity index is 317. The molecule has 0 atom stereocenters. The zero-order valence-corrected chi connectivity index (χ0v) is 8.17. The molecule has 0 unspecified atom stereocenters. The molecule has 0 aromatic carbocycles. The number of rotatable bonds is 3. The van der Waals surface area contributed by atoms with E-state index in [2.05, 4.69) is 15.9 Å². The highest BCUT2D eigenvalue weighted by Crippen LogP contribution is 2.15. The molecule has 4 heteroatoms. The van der Waals surface area contributed by atoms with E-state index in [1.54, 1.807) is 16.8 Å². The molecular formula is C8H8BrNO2. The van der Waals surface area contributed by atoms with Crippen molar-refractivity contribution in [1.29, 1.82) is 0 Å². The molecule has 0 bridgehead atoms. The number of aromatic nitrogens is 1. The number of hydrogen-bond donors (Lipinski definition) is 0. The Kier molecular flexibility index (Phi) is 2.81. The van der Waals surface area contributed by atoms with Gasteiger partial charge in [-0.1, -0.05) is 0 Å². The highest BCUT2D eigenvalue weighted by Gasteiger charge is 2.06. The summed E-state index contributed by atoms with van der Waals surface area (Å²) in [6.45, 7) is 1.74. The molecule has 0 radical (unpaired) electrons. The molecule has 1 rings (SSSR count). The molecule has 0 amide bonds. The fourth-order valence-electron chi connectivity index (χ4n) is 0.960. The molecule has 0 spiro atoms. The van der Waals surface area contributed by atoms with Crippen LogP contribution < -0.4 is 0 Å². The van der Waals surface area contributed by atoms with E-state index in [1.165, 1.54) is 6.92 Å². The van der Waals surface area contributed by atoms with Gasteiger partial charge in [0.25, 0.3) is 0 Å². The Balaban J connectivity index is 2.99. The van der Waals surface area contributed by atoms with Crippen LogP contribution in [0.2, 0.25) is 0 Å². The van der Waals surface area contributed by atoms with Gasteiger partial charge in [-0.2, -0.15) is 0 Å². The Morgan fingerprint density at radius 3 is 2.92 bits per heavy atom. The van der Waals surface area contributed by atoms with Gasteiger partial charge in [0.05, 0.1) is 12.2 Å². The normalized spacial score (nSPS) is 9.83. The van der Waals surface area contributed by atoms with E-state index in [0.717, 1.165) is 10.8 Å². The molecule has 0 aliphatic heterocycles. The Morgan fingerprint density at radius 1 is 1.75 bits per heavy atom. The summed E-state index contributed by atoms with van der Waals surface area (Å²) in [5.74, 6) is 0.0289. The van der Waals surface area contributed by atoms with Crippen LogP contribution in [-0.4, -0.2) is 16.6 Å². The maximum atomic E-state index is 10.7. The molecule has 3 nitrogen and oxygen atoms in total. The number of Topliss-reactive ketones (excluding diaryl/α,β-unsaturated/α-hetero) is 1. The van der Waals surface area contributed by atoms with Crippen molar-refractivity contribution in [2.24, 2.45) is 0 Å². The molecule has 1 heterocycles. The lowest BCUT2D eigenvalue weighted by Crippen LogP contribution is -2.07. The SMILES string of the molecule is CC(=O)Cn1ccc(Br)c1C=O. The molecule has 0 saturated heterocycles. The first-order chi connectivity index (χ1) is 5.65. The summed E-state index contributed by atoms with van der Waals surface area (Å²) in [6, 6.07) is 1.74. The van der Waals surface area contributed by atoms with Crippen LogP contribution in [0.15, 0.2) is 16.7 Å². The van der Waals surface area contributed by atoms with Crippen LogP contribution >= 0.6 is 15.9 Å². The van der Waals surface area contributed by atoms with Crippen LogP contribution in [0.4, 0.5) is 0 Å². The number of carbonyl (C=O) groups excluding carboxylic acids is 2. The number of carbonyl (C=O) groups is 2. The van der Waals surface area contributed by atoms with Crippen molar-refractivity contribution < 1.29 is 9.59 Å². The third-order valence-electron chi connectivity index (χ3n) is 1.46. The van der Waals surface area contributed by atoms with Gasteiger partial charge in [-0.25, -0.2) is 0 Å². The van der Waals surface area contributed by atoms with Gasteiger partial charge in [0.15, 0.2) is 6.29 Å². The van der Waals surface area contributed by atoms with Gasteiger partial charge in [0, 0.05) is 10.7 Å². The number of nitrogens with zero attached hydrogens (tertiary/aromatic N) is 1. The van der Waals surface area contributed by atoms with E-state index < -0.39 is 0 Å². The maximum absolute atomic E-state index is 10.7. The monoisotopic (exact) mass is 229 g/mol. The third kappa shape index (κ3) is 1.82. The van der Waals surface area contributed by atoms with E-state index in [-0.39, 0.29) is 12.3 Å². The Morgan fingerprint density at radius 2 is 2.42 bits per heavy atom. The van der Waals surface area contributed by atoms with Gasteiger partial charge in [-0.05, 0) is 28.9 Å². The smallest absolute Gasteiger partial charge is 0.167 e. The quantitative estimate of drug-likeness (QED) is 0.740. The summed E-state index contributed by atoms with van der Waals surface area (Å²) < 4.78 is 2.33. The van der Waals surface area contributed by atoms with Crippen LogP contribution in [0.25, 0.3) is 0 Å². The summed E-state index contributed by atoms with van der Waals surface area (Å²) in [5, 5.41) is 0. The highest BCUT2D eigenvalue weighted by atomic mass is 79.9. The zero-order valence-electron chi connectivity index (χ0n) is 6.58. The Hall–Kier alpha value is -0.900. The second kappa shape index (κ2) is 3.67. The van der Waals surface area contributed by atoms with E-state index >= 15 is 0 Å². The van der Waals surface area contributed by atoms with Gasteiger partial charge < -0.3 is 4.57 Å². The Labute approximate surface area is 78.5 Å². The third-order valence-corrected chi connectivity index (χ3v) is 2.13. The van der Waals surface area contributed by atoms with Crippen LogP contribution in [0.3, 0.4) is 0 Å². The molecule has 12 heavy (non-hydrogen) atoms. The van der Waals surface area contributed by atoms with Crippen LogP contribution in [0.1, 0.15) is 17.4 Å². The summed E-state index contributed by atoms with van der Waals surface area (Å²) >= 11 is 3.20. The molecule has 64 valence electrons. The van der Waals surface area contributed by atoms with Crippen molar-refractivity contribution in [3.05, 3.63) is 22.4 Å². The van der Waals surface area contributed by atoms with Crippen molar-refractivity contribution in [3.63, 3.8) is 0 Å². The summed E-state index contributed by atoms with van der Waals surface area (Å²) in [7, 11) is 0.